The Labute approximate surface area is 212 Å². The third-order valence-electron chi connectivity index (χ3n) is 8.21. The molecule has 0 spiro atoms. The molecule has 1 N–H and O–H groups in total. The summed E-state index contributed by atoms with van der Waals surface area (Å²) in [6, 6.07) is 13.0. The highest BCUT2D eigenvalue weighted by atomic mass is 19.1. The van der Waals surface area contributed by atoms with Crippen LogP contribution < -0.4 is 0 Å². The van der Waals surface area contributed by atoms with Crippen LogP contribution in [0.1, 0.15) is 37.9 Å². The number of Topliss-reactive ketones (excluding diaryl/α,β-unsaturated/α-hetero) is 1. The maximum Gasteiger partial charge on any atom is 0.165 e. The van der Waals surface area contributed by atoms with E-state index in [1.807, 2.05) is 6.92 Å². The second-order valence-electron chi connectivity index (χ2n) is 10.2. The number of para-hydroxylation sites is 1. The number of aliphatic hydroxyl groups excluding tert-OH is 1. The molecule has 6 rings (SSSR count). The molecule has 2 aromatic carbocycles. The Kier molecular flexibility index (Phi) is 5.40. The number of hydrogen-bond acceptors (Lipinski definition) is 5. The molecule has 186 valence electrons. The van der Waals surface area contributed by atoms with E-state index in [4.69, 9.17) is 9.97 Å². The molecule has 1 fully saturated rings. The van der Waals surface area contributed by atoms with Crippen molar-refractivity contribution in [1.29, 1.82) is 0 Å². The lowest BCUT2D eigenvalue weighted by Gasteiger charge is -2.48. The molecule has 7 heteroatoms. The van der Waals surface area contributed by atoms with Crippen molar-refractivity contribution >= 4 is 16.7 Å². The number of allylic oxidation sites excluding steroid dienone is 1. The van der Waals surface area contributed by atoms with Gasteiger partial charge in [0.05, 0.1) is 17.6 Å². The summed E-state index contributed by atoms with van der Waals surface area (Å²) in [6.45, 7) is 3.96. The molecule has 0 unspecified atom stereocenters. The fraction of sp³-hybridized carbons (Fsp3) is 0.267. The van der Waals surface area contributed by atoms with Crippen molar-refractivity contribution in [2.24, 2.45) is 11.8 Å². The fourth-order valence-corrected chi connectivity index (χ4v) is 6.40. The number of benzene rings is 2. The normalized spacial score (nSPS) is 24.2. The molecule has 0 aliphatic heterocycles. The first-order valence-electron chi connectivity index (χ1n) is 12.4. The molecule has 0 saturated heterocycles. The van der Waals surface area contributed by atoms with E-state index in [0.717, 1.165) is 23.9 Å². The van der Waals surface area contributed by atoms with E-state index in [1.54, 1.807) is 36.4 Å². The monoisotopic (exact) mass is 497 g/mol. The molecule has 37 heavy (non-hydrogen) atoms. The van der Waals surface area contributed by atoms with Gasteiger partial charge in [0.25, 0.3) is 0 Å². The molecule has 3 atom stereocenters. The van der Waals surface area contributed by atoms with Crippen LogP contribution in [0, 0.1) is 23.5 Å². The molecular weight excluding hydrogens is 472 g/mol. The van der Waals surface area contributed by atoms with Crippen LogP contribution in [0.5, 0.6) is 0 Å². The van der Waals surface area contributed by atoms with Crippen molar-refractivity contribution < 1.29 is 18.7 Å². The zero-order valence-electron chi connectivity index (χ0n) is 20.5. The van der Waals surface area contributed by atoms with Gasteiger partial charge in [-0.15, -0.1) is 0 Å². The number of carbonyl (C=O) groups excluding carboxylic acids is 1. The van der Waals surface area contributed by atoms with E-state index < -0.39 is 17.0 Å². The molecule has 4 aromatic rings. The Morgan fingerprint density at radius 1 is 1.03 bits per heavy atom. The summed E-state index contributed by atoms with van der Waals surface area (Å²) < 4.78 is 29.7. The number of carbonyl (C=O) groups is 1. The minimum atomic E-state index is -0.582. The quantitative estimate of drug-likeness (QED) is 0.252. The molecule has 2 aliphatic rings. The Morgan fingerprint density at radius 2 is 1.81 bits per heavy atom. The van der Waals surface area contributed by atoms with E-state index in [9.17, 15) is 14.3 Å². The van der Waals surface area contributed by atoms with Crippen molar-refractivity contribution in [2.75, 3.05) is 0 Å². The summed E-state index contributed by atoms with van der Waals surface area (Å²) in [6.07, 6.45) is 4.07. The van der Waals surface area contributed by atoms with Gasteiger partial charge in [-0.25, -0.2) is 18.7 Å². The van der Waals surface area contributed by atoms with Crippen LogP contribution in [-0.2, 0) is 16.6 Å². The lowest BCUT2D eigenvalue weighted by molar-refractivity contribution is -0.124. The number of aliphatic hydroxyl groups is 1. The lowest BCUT2D eigenvalue weighted by atomic mass is 9.55. The van der Waals surface area contributed by atoms with Crippen molar-refractivity contribution in [3.63, 3.8) is 0 Å². The van der Waals surface area contributed by atoms with Gasteiger partial charge in [0.1, 0.15) is 17.2 Å². The second kappa shape index (κ2) is 8.54. The van der Waals surface area contributed by atoms with Gasteiger partial charge in [0.15, 0.2) is 11.6 Å². The van der Waals surface area contributed by atoms with Crippen LogP contribution >= 0.6 is 0 Å². The summed E-state index contributed by atoms with van der Waals surface area (Å²) in [5.41, 5.74) is 3.03. The number of ketones is 1. The second-order valence-corrected chi connectivity index (χ2v) is 10.2. The SMILES string of the molecule is C[C@H]1C(=O)/C(=C\O)C[C@@]2(C)c3nc(-c4ccnc5c(F)cccc45)nc(-c4ccccc4F)c3CC[C@H]12. The van der Waals surface area contributed by atoms with Gasteiger partial charge < -0.3 is 5.11 Å². The maximum absolute atomic E-state index is 15.1. The minimum absolute atomic E-state index is 0.000881. The zero-order valence-corrected chi connectivity index (χ0v) is 20.5. The van der Waals surface area contributed by atoms with E-state index in [0.29, 0.717) is 46.4 Å². The van der Waals surface area contributed by atoms with E-state index in [-0.39, 0.29) is 23.1 Å². The predicted molar refractivity (Wildman–Crippen MR) is 137 cm³/mol. The number of pyridine rings is 1. The van der Waals surface area contributed by atoms with E-state index >= 15 is 4.39 Å². The van der Waals surface area contributed by atoms with Crippen molar-refractivity contribution in [3.05, 3.63) is 89.5 Å². The first kappa shape index (κ1) is 23.4. The molecule has 2 heterocycles. The van der Waals surface area contributed by atoms with Gasteiger partial charge >= 0.3 is 0 Å². The third kappa shape index (κ3) is 3.48. The Morgan fingerprint density at radius 3 is 2.59 bits per heavy atom. The molecule has 0 amide bonds. The van der Waals surface area contributed by atoms with Gasteiger partial charge in [-0.2, -0.15) is 0 Å². The molecular formula is C30H25F2N3O2. The van der Waals surface area contributed by atoms with E-state index in [2.05, 4.69) is 11.9 Å². The van der Waals surface area contributed by atoms with Crippen molar-refractivity contribution in [3.8, 4) is 22.6 Å². The fourth-order valence-electron chi connectivity index (χ4n) is 6.40. The largest absolute Gasteiger partial charge is 0.515 e. The van der Waals surface area contributed by atoms with Crippen LogP contribution in [0.25, 0.3) is 33.5 Å². The molecule has 0 radical (unpaired) electrons. The number of halogens is 2. The molecule has 0 bridgehead atoms. The minimum Gasteiger partial charge on any atom is -0.515 e. The molecule has 5 nitrogen and oxygen atoms in total. The average molecular weight is 498 g/mol. The number of rotatable bonds is 2. The van der Waals surface area contributed by atoms with Crippen molar-refractivity contribution in [2.45, 2.75) is 38.5 Å². The van der Waals surface area contributed by atoms with Crippen molar-refractivity contribution in [1.82, 2.24) is 15.0 Å². The van der Waals surface area contributed by atoms with Crippen LogP contribution in [0.3, 0.4) is 0 Å². The number of nitrogens with zero attached hydrogens (tertiary/aromatic N) is 3. The molecule has 1 saturated carbocycles. The highest BCUT2D eigenvalue weighted by molar-refractivity contribution is 5.98. The average Bonchev–Trinajstić information content (AvgIpc) is 2.90. The third-order valence-corrected chi connectivity index (χ3v) is 8.21. The number of fused-ring (bicyclic) bond motifs is 4. The van der Waals surface area contributed by atoms with Gasteiger partial charge in [-0.1, -0.05) is 38.1 Å². The number of hydrogen-bond donors (Lipinski definition) is 1. The van der Waals surface area contributed by atoms with Crippen LogP contribution in [0.4, 0.5) is 8.78 Å². The Hall–Kier alpha value is -4.00. The zero-order chi connectivity index (χ0) is 25.9. The summed E-state index contributed by atoms with van der Waals surface area (Å²) in [5, 5.41) is 10.4. The highest BCUT2D eigenvalue weighted by Gasteiger charge is 2.51. The summed E-state index contributed by atoms with van der Waals surface area (Å²) in [4.78, 5) is 27.1. The highest BCUT2D eigenvalue weighted by Crippen LogP contribution is 2.53. The summed E-state index contributed by atoms with van der Waals surface area (Å²) in [7, 11) is 0. The van der Waals surface area contributed by atoms with E-state index in [1.165, 1.54) is 18.3 Å². The number of aromatic nitrogens is 3. The first-order valence-corrected chi connectivity index (χ1v) is 12.4. The van der Waals surface area contributed by atoms with Gasteiger partial charge in [0.2, 0.25) is 0 Å². The van der Waals surface area contributed by atoms with Crippen LogP contribution in [0.15, 0.2) is 66.6 Å². The predicted octanol–water partition coefficient (Wildman–Crippen LogP) is 6.51. The smallest absolute Gasteiger partial charge is 0.165 e. The van der Waals surface area contributed by atoms with Gasteiger partial charge in [-0.3, -0.25) is 9.78 Å². The van der Waals surface area contributed by atoms with Crippen LogP contribution in [0.2, 0.25) is 0 Å². The Bertz CT molecular complexity index is 1620. The first-order chi connectivity index (χ1) is 17.8. The van der Waals surface area contributed by atoms with Gasteiger partial charge in [0, 0.05) is 45.2 Å². The maximum atomic E-state index is 15.1. The lowest BCUT2D eigenvalue weighted by Crippen LogP contribution is -2.48. The molecule has 2 aliphatic carbocycles. The topological polar surface area (TPSA) is 76.0 Å². The van der Waals surface area contributed by atoms with Gasteiger partial charge in [-0.05, 0) is 49.4 Å². The summed E-state index contributed by atoms with van der Waals surface area (Å²) >= 11 is 0. The molecule has 2 aromatic heterocycles. The standard InChI is InChI=1S/C30H25F2N3O2/c1-16-22-11-10-21-25(20-6-3-4-8-23(20)31)34-29(19-12-13-33-26-18(19)7-5-9-24(26)32)35-28(21)30(22,2)14-17(15-36)27(16)37/h3-9,12-13,15-16,22,36H,10-11,14H2,1-2H3/b17-15-/t16-,22-,30-/m1/s1. The Balaban J connectivity index is 1.67. The summed E-state index contributed by atoms with van der Waals surface area (Å²) in [5.74, 6) is -0.842. The van der Waals surface area contributed by atoms with Crippen LogP contribution in [-0.4, -0.2) is 25.8 Å².